The Balaban J connectivity index is 1.44. The van der Waals surface area contributed by atoms with E-state index in [0.717, 1.165) is 41.2 Å². The van der Waals surface area contributed by atoms with Crippen molar-refractivity contribution in [2.24, 2.45) is 5.92 Å². The molecule has 0 spiro atoms. The van der Waals surface area contributed by atoms with Gasteiger partial charge in [0.2, 0.25) is 11.8 Å². The zero-order valence-electron chi connectivity index (χ0n) is 19.3. The molecule has 2 saturated heterocycles. The molecule has 0 saturated carbocycles. The lowest BCUT2D eigenvalue weighted by molar-refractivity contribution is -0.126. The largest absolute Gasteiger partial charge is 0.497 e. The van der Waals surface area contributed by atoms with E-state index in [0.29, 0.717) is 13.1 Å². The van der Waals surface area contributed by atoms with Crippen molar-refractivity contribution < 1.29 is 14.3 Å². The summed E-state index contributed by atoms with van der Waals surface area (Å²) in [6.45, 7) is 7.09. The van der Waals surface area contributed by atoms with Gasteiger partial charge in [0.1, 0.15) is 5.75 Å². The van der Waals surface area contributed by atoms with Crippen LogP contribution >= 0.6 is 0 Å². The van der Waals surface area contributed by atoms with Crippen LogP contribution in [0.4, 0.5) is 5.69 Å². The molecule has 4 rings (SSSR count). The van der Waals surface area contributed by atoms with E-state index in [4.69, 9.17) is 4.74 Å². The fourth-order valence-electron chi connectivity index (χ4n) is 4.85. The van der Waals surface area contributed by atoms with Crippen LogP contribution in [0.1, 0.15) is 42.0 Å². The fraction of sp³-hybridized carbons (Fsp3) is 0.462. The number of hydrogen-bond donors (Lipinski definition) is 1. The standard InChI is InChI=1S/C26H33N3O3/c1-18-8-6-11-23(19(18)2)29-17-21(15-25(29)30)26(31)27-16-24(28-12-4-5-13-28)20-9-7-10-22(14-20)32-3/h6-11,14,21,24H,4-5,12-13,15-17H2,1-3H3,(H,27,31). The molecule has 0 bridgehead atoms. The SMILES string of the molecule is COc1cccc(C(CNC(=O)C2CC(=O)N(c3cccc(C)c3C)C2)N2CCCC2)c1. The fourth-order valence-corrected chi connectivity index (χ4v) is 4.85. The number of ether oxygens (including phenoxy) is 1. The van der Waals surface area contributed by atoms with Gasteiger partial charge < -0.3 is 15.0 Å². The molecule has 2 unspecified atom stereocenters. The average molecular weight is 436 g/mol. The van der Waals surface area contributed by atoms with E-state index < -0.39 is 0 Å². The second-order valence-electron chi connectivity index (χ2n) is 8.91. The van der Waals surface area contributed by atoms with Gasteiger partial charge in [-0.2, -0.15) is 0 Å². The van der Waals surface area contributed by atoms with Crippen molar-refractivity contribution in [3.8, 4) is 5.75 Å². The third kappa shape index (κ3) is 4.65. The van der Waals surface area contributed by atoms with Gasteiger partial charge in [-0.05, 0) is 74.7 Å². The topological polar surface area (TPSA) is 61.9 Å². The van der Waals surface area contributed by atoms with E-state index in [1.807, 2.05) is 44.2 Å². The molecule has 32 heavy (non-hydrogen) atoms. The Kier molecular flexibility index (Phi) is 6.80. The van der Waals surface area contributed by atoms with Gasteiger partial charge >= 0.3 is 0 Å². The smallest absolute Gasteiger partial charge is 0.227 e. The zero-order chi connectivity index (χ0) is 22.7. The van der Waals surface area contributed by atoms with Crippen LogP contribution in [0.2, 0.25) is 0 Å². The zero-order valence-corrected chi connectivity index (χ0v) is 19.3. The summed E-state index contributed by atoms with van der Waals surface area (Å²) in [5, 5.41) is 3.16. The van der Waals surface area contributed by atoms with Crippen LogP contribution in [-0.2, 0) is 9.59 Å². The lowest BCUT2D eigenvalue weighted by atomic mass is 10.0. The lowest BCUT2D eigenvalue weighted by Crippen LogP contribution is -2.40. The van der Waals surface area contributed by atoms with Gasteiger partial charge in [0.05, 0.1) is 19.1 Å². The van der Waals surface area contributed by atoms with Crippen molar-refractivity contribution in [1.82, 2.24) is 10.2 Å². The van der Waals surface area contributed by atoms with Crippen LogP contribution in [0.5, 0.6) is 5.75 Å². The van der Waals surface area contributed by atoms with Crippen molar-refractivity contribution in [1.29, 1.82) is 0 Å². The number of carbonyl (C=O) groups excluding carboxylic acids is 2. The maximum Gasteiger partial charge on any atom is 0.227 e. The molecule has 0 radical (unpaired) electrons. The van der Waals surface area contributed by atoms with Crippen LogP contribution in [0.25, 0.3) is 0 Å². The molecule has 2 aliphatic rings. The highest BCUT2D eigenvalue weighted by molar-refractivity contribution is 6.00. The number of likely N-dealkylation sites (tertiary alicyclic amines) is 1. The number of aryl methyl sites for hydroxylation is 1. The summed E-state index contributed by atoms with van der Waals surface area (Å²) < 4.78 is 5.41. The van der Waals surface area contributed by atoms with Crippen LogP contribution in [0, 0.1) is 19.8 Å². The second kappa shape index (κ2) is 9.74. The van der Waals surface area contributed by atoms with Crippen molar-refractivity contribution >= 4 is 17.5 Å². The number of amides is 2. The van der Waals surface area contributed by atoms with Crippen molar-refractivity contribution in [3.63, 3.8) is 0 Å². The Morgan fingerprint density at radius 2 is 1.91 bits per heavy atom. The summed E-state index contributed by atoms with van der Waals surface area (Å²) >= 11 is 0. The van der Waals surface area contributed by atoms with E-state index in [1.165, 1.54) is 12.8 Å². The number of nitrogens with zero attached hydrogens (tertiary/aromatic N) is 2. The molecule has 0 aliphatic carbocycles. The second-order valence-corrected chi connectivity index (χ2v) is 8.91. The first-order valence-electron chi connectivity index (χ1n) is 11.5. The van der Waals surface area contributed by atoms with Crippen LogP contribution < -0.4 is 15.0 Å². The highest BCUT2D eigenvalue weighted by atomic mass is 16.5. The minimum atomic E-state index is -0.327. The summed E-state index contributed by atoms with van der Waals surface area (Å²) in [5.74, 6) is 0.469. The molecule has 2 aromatic carbocycles. The number of benzene rings is 2. The number of carbonyl (C=O) groups is 2. The predicted octanol–water partition coefficient (Wildman–Crippen LogP) is 3.62. The Hall–Kier alpha value is -2.86. The third-order valence-electron chi connectivity index (χ3n) is 6.89. The lowest BCUT2D eigenvalue weighted by Gasteiger charge is -2.29. The number of hydrogen-bond acceptors (Lipinski definition) is 4. The van der Waals surface area contributed by atoms with Crippen LogP contribution in [0.15, 0.2) is 42.5 Å². The summed E-state index contributed by atoms with van der Waals surface area (Å²) in [4.78, 5) is 30.0. The summed E-state index contributed by atoms with van der Waals surface area (Å²) in [6.07, 6.45) is 2.61. The molecule has 2 fully saturated rings. The van der Waals surface area contributed by atoms with Gasteiger partial charge in [0, 0.05) is 25.2 Å². The normalized spacial score (nSPS) is 19.9. The first kappa shape index (κ1) is 22.3. The van der Waals surface area contributed by atoms with Gasteiger partial charge in [0.15, 0.2) is 0 Å². The molecular formula is C26H33N3O3. The van der Waals surface area contributed by atoms with Crippen molar-refractivity contribution in [3.05, 3.63) is 59.2 Å². The van der Waals surface area contributed by atoms with Gasteiger partial charge in [-0.25, -0.2) is 0 Å². The van der Waals surface area contributed by atoms with E-state index >= 15 is 0 Å². The van der Waals surface area contributed by atoms with Gasteiger partial charge in [-0.15, -0.1) is 0 Å². The highest BCUT2D eigenvalue weighted by Crippen LogP contribution is 2.30. The molecule has 6 heteroatoms. The molecule has 1 N–H and O–H groups in total. The van der Waals surface area contributed by atoms with E-state index in [-0.39, 0.29) is 30.2 Å². The van der Waals surface area contributed by atoms with Crippen LogP contribution in [-0.4, -0.2) is 50.0 Å². The Bertz CT molecular complexity index is 984. The quantitative estimate of drug-likeness (QED) is 0.722. The summed E-state index contributed by atoms with van der Waals surface area (Å²) in [5.41, 5.74) is 4.30. The number of anilines is 1. The Morgan fingerprint density at radius 3 is 2.66 bits per heavy atom. The average Bonchev–Trinajstić information content (AvgIpc) is 3.46. The molecule has 2 aromatic rings. The van der Waals surface area contributed by atoms with Crippen molar-refractivity contribution in [2.45, 2.75) is 39.2 Å². The summed E-state index contributed by atoms with van der Waals surface area (Å²) in [7, 11) is 1.67. The molecule has 2 atom stereocenters. The molecule has 6 nitrogen and oxygen atoms in total. The first-order valence-corrected chi connectivity index (χ1v) is 11.5. The summed E-state index contributed by atoms with van der Waals surface area (Å²) in [6, 6.07) is 14.2. The molecule has 0 aromatic heterocycles. The Labute approximate surface area is 190 Å². The highest BCUT2D eigenvalue weighted by Gasteiger charge is 2.36. The predicted molar refractivity (Wildman–Crippen MR) is 126 cm³/mol. The van der Waals surface area contributed by atoms with E-state index in [1.54, 1.807) is 12.0 Å². The third-order valence-corrected chi connectivity index (χ3v) is 6.89. The minimum absolute atomic E-state index is 0.0164. The van der Waals surface area contributed by atoms with Gasteiger partial charge in [0.25, 0.3) is 0 Å². The van der Waals surface area contributed by atoms with Gasteiger partial charge in [-0.1, -0.05) is 24.3 Å². The Morgan fingerprint density at radius 1 is 1.16 bits per heavy atom. The number of methoxy groups -OCH3 is 1. The van der Waals surface area contributed by atoms with Crippen molar-refractivity contribution in [2.75, 3.05) is 38.2 Å². The maximum atomic E-state index is 13.1. The molecule has 170 valence electrons. The van der Waals surface area contributed by atoms with E-state index in [2.05, 4.69) is 22.3 Å². The van der Waals surface area contributed by atoms with Gasteiger partial charge in [-0.3, -0.25) is 14.5 Å². The first-order chi connectivity index (χ1) is 15.5. The van der Waals surface area contributed by atoms with E-state index in [9.17, 15) is 9.59 Å². The molecule has 2 heterocycles. The molecular weight excluding hydrogens is 402 g/mol. The number of rotatable bonds is 7. The molecule has 2 amide bonds. The molecule has 2 aliphatic heterocycles. The number of nitrogens with one attached hydrogen (secondary N) is 1. The van der Waals surface area contributed by atoms with Crippen LogP contribution in [0.3, 0.4) is 0 Å². The maximum absolute atomic E-state index is 13.1. The monoisotopic (exact) mass is 435 g/mol. The minimum Gasteiger partial charge on any atom is -0.497 e.